The van der Waals surface area contributed by atoms with E-state index < -0.39 is 11.6 Å². The minimum absolute atomic E-state index is 0.0329. The molecule has 348 valence electrons. The van der Waals surface area contributed by atoms with E-state index in [1.807, 2.05) is 18.2 Å². The fourth-order valence-electron chi connectivity index (χ4n) is 6.76. The second kappa shape index (κ2) is 27.0. The monoisotopic (exact) mass is 900 g/mol. The molecule has 12 nitrogen and oxygen atoms in total. The molecule has 6 aromatic carbocycles. The van der Waals surface area contributed by atoms with Crippen LogP contribution in [-0.4, -0.2) is 70.8 Å². The molecule has 6 aromatic rings. The van der Waals surface area contributed by atoms with E-state index in [4.69, 9.17) is 18.9 Å². The van der Waals surface area contributed by atoms with Crippen molar-refractivity contribution < 1.29 is 58.9 Å². The molecule has 0 amide bonds. The zero-order valence-corrected chi connectivity index (χ0v) is 38.0. The Bertz CT molecular complexity index is 2420. The molecule has 0 saturated heterocycles. The van der Waals surface area contributed by atoms with Crippen molar-refractivity contribution in [1.29, 1.82) is 0 Å². The minimum atomic E-state index is -0.481. The Hall–Kier alpha value is -7.47. The summed E-state index contributed by atoms with van der Waals surface area (Å²) in [5, 5.41) is 49.2. The Morgan fingerprint density at radius 2 is 0.727 bits per heavy atom. The topological polar surface area (TPSA) is 189 Å². The normalized spacial score (nSPS) is 10.4. The number of carbonyl (C=O) groups excluding carboxylic acids is 3. The van der Waals surface area contributed by atoms with Gasteiger partial charge in [0.15, 0.2) is 17.3 Å². The predicted molar refractivity (Wildman–Crippen MR) is 254 cm³/mol. The molecular weight excluding hydrogens is 841 g/mol. The first-order valence-corrected chi connectivity index (χ1v) is 22.0. The number of ketones is 3. The number of aromatic hydroxyl groups is 5. The lowest BCUT2D eigenvalue weighted by Gasteiger charge is -2.09. The van der Waals surface area contributed by atoms with Crippen molar-refractivity contribution in [1.82, 2.24) is 0 Å². The number of methoxy groups -OCH3 is 3. The lowest BCUT2D eigenvalue weighted by Crippen LogP contribution is -2.02. The van der Waals surface area contributed by atoms with Crippen molar-refractivity contribution >= 4 is 17.3 Å². The smallest absolute Gasteiger partial charge is 0.200 e. The summed E-state index contributed by atoms with van der Waals surface area (Å²) in [7, 11) is 4.40. The van der Waals surface area contributed by atoms with E-state index in [1.54, 1.807) is 54.6 Å². The minimum Gasteiger partial charge on any atom is -0.507 e. The predicted octanol–water partition coefficient (Wildman–Crippen LogP) is 11.6. The van der Waals surface area contributed by atoms with E-state index in [2.05, 4.69) is 6.92 Å². The summed E-state index contributed by atoms with van der Waals surface area (Å²) in [6.07, 6.45) is 12.9. The van der Waals surface area contributed by atoms with Crippen LogP contribution in [0.1, 0.15) is 119 Å². The molecule has 66 heavy (non-hydrogen) atoms. The first kappa shape index (κ1) is 51.2. The van der Waals surface area contributed by atoms with Crippen molar-refractivity contribution in [2.75, 3.05) is 27.9 Å². The number of phenols is 5. The molecule has 0 aliphatic rings. The summed E-state index contributed by atoms with van der Waals surface area (Å²) in [6, 6.07) is 33.2. The fourth-order valence-corrected chi connectivity index (χ4v) is 6.76. The lowest BCUT2D eigenvalue weighted by atomic mass is 10.0. The van der Waals surface area contributed by atoms with Crippen molar-refractivity contribution in [2.45, 2.75) is 71.1 Å². The van der Waals surface area contributed by atoms with Crippen LogP contribution in [0, 0.1) is 0 Å². The van der Waals surface area contributed by atoms with Gasteiger partial charge in [-0.3, -0.25) is 14.4 Å². The summed E-state index contributed by atoms with van der Waals surface area (Å²) in [4.78, 5) is 36.8. The number of phenolic OH excluding ortho intramolecular Hbond substituents is 5. The van der Waals surface area contributed by atoms with Crippen LogP contribution < -0.4 is 18.9 Å². The lowest BCUT2D eigenvalue weighted by molar-refractivity contribution is 0.102. The molecule has 0 aliphatic heterocycles. The number of hydrogen-bond donors (Lipinski definition) is 5. The summed E-state index contributed by atoms with van der Waals surface area (Å²) < 4.78 is 20.6. The number of unbranched alkanes of at least 4 members (excludes halogenated alkanes) is 9. The highest BCUT2D eigenvalue weighted by Crippen LogP contribution is 2.32. The molecule has 0 unspecified atom stereocenters. The molecule has 0 spiro atoms. The number of benzene rings is 6. The van der Waals surface area contributed by atoms with E-state index in [0.29, 0.717) is 40.7 Å². The van der Waals surface area contributed by atoms with Gasteiger partial charge in [-0.25, -0.2) is 0 Å². The van der Waals surface area contributed by atoms with Gasteiger partial charge in [0.25, 0.3) is 0 Å². The standard InChI is InChI=1S/C25H34O3.C15H14O5.C14H12O4/c1-2-3-4-5-6-7-8-9-10-14-19-28-22-17-18-23(24(26)20-22)25(27)21-15-12-11-13-16-21;1-19-9-3-5-11(13(16)7-9)15(18)12-6-4-10(20-2)8-14(12)17;1-18-9-6-7-11(13(16)8-9)14(17)10-4-2-3-5-12(10)15/h11-13,15-18,20,26H,2-10,14,19H2,1H3;3-8,16-17H,1-2H3;2-8,15-16H,1H3. The number of rotatable bonds is 21. The third-order valence-corrected chi connectivity index (χ3v) is 10.5. The van der Waals surface area contributed by atoms with Gasteiger partial charge in [-0.1, -0.05) is 107 Å². The highest BCUT2D eigenvalue weighted by Gasteiger charge is 2.19. The zero-order chi connectivity index (χ0) is 47.8. The average Bonchev–Trinajstić information content (AvgIpc) is 3.33. The molecule has 0 bridgehead atoms. The van der Waals surface area contributed by atoms with Crippen LogP contribution in [0.3, 0.4) is 0 Å². The highest BCUT2D eigenvalue weighted by atomic mass is 16.5. The Labute approximate surface area is 386 Å². The van der Waals surface area contributed by atoms with Crippen molar-refractivity contribution in [3.63, 3.8) is 0 Å². The molecule has 12 heteroatoms. The van der Waals surface area contributed by atoms with Gasteiger partial charge < -0.3 is 44.5 Å². The molecular formula is C54H60O12. The average molecular weight is 901 g/mol. The molecule has 0 fully saturated rings. The van der Waals surface area contributed by atoms with E-state index in [-0.39, 0.29) is 56.8 Å². The largest absolute Gasteiger partial charge is 0.507 e. The summed E-state index contributed by atoms with van der Waals surface area (Å²) in [5.74, 6) is 0.122. The Morgan fingerprint density at radius 3 is 1.14 bits per heavy atom. The maximum absolute atomic E-state index is 12.4. The molecule has 0 heterocycles. The SMILES string of the molecule is CCCCCCCCCCCCOc1ccc(C(=O)c2ccccc2)c(O)c1.COc1ccc(C(=O)c2ccc(OC)cc2O)c(O)c1.COc1ccc(C(=O)c2ccccc2O)c(O)c1. The second-order valence-corrected chi connectivity index (χ2v) is 15.2. The second-order valence-electron chi connectivity index (χ2n) is 15.2. The first-order valence-electron chi connectivity index (χ1n) is 22.0. The van der Waals surface area contributed by atoms with Gasteiger partial charge in [-0.05, 0) is 67.1 Å². The zero-order valence-electron chi connectivity index (χ0n) is 38.0. The molecule has 0 aliphatic carbocycles. The van der Waals surface area contributed by atoms with Gasteiger partial charge in [0, 0.05) is 29.8 Å². The third kappa shape index (κ3) is 15.4. The van der Waals surface area contributed by atoms with E-state index in [9.17, 15) is 39.9 Å². The van der Waals surface area contributed by atoms with Crippen LogP contribution in [0.4, 0.5) is 0 Å². The molecule has 5 N–H and O–H groups in total. The van der Waals surface area contributed by atoms with Crippen molar-refractivity contribution in [2.24, 2.45) is 0 Å². The Morgan fingerprint density at radius 1 is 0.379 bits per heavy atom. The third-order valence-electron chi connectivity index (χ3n) is 10.5. The molecule has 6 rings (SSSR count). The maximum atomic E-state index is 12.4. The van der Waals surface area contributed by atoms with Gasteiger partial charge in [-0.2, -0.15) is 0 Å². The van der Waals surface area contributed by atoms with Crippen LogP contribution in [0.2, 0.25) is 0 Å². The number of hydrogen-bond acceptors (Lipinski definition) is 12. The molecule has 0 saturated carbocycles. The molecule has 0 radical (unpaired) electrons. The van der Waals surface area contributed by atoms with Gasteiger partial charge in [-0.15, -0.1) is 0 Å². The quantitative estimate of drug-likeness (QED) is 0.0340. The highest BCUT2D eigenvalue weighted by molar-refractivity contribution is 6.13. The van der Waals surface area contributed by atoms with E-state index in [1.165, 1.54) is 134 Å². The fraction of sp³-hybridized carbons (Fsp3) is 0.278. The van der Waals surface area contributed by atoms with Crippen LogP contribution in [0.15, 0.2) is 127 Å². The van der Waals surface area contributed by atoms with Gasteiger partial charge in [0.05, 0.1) is 55.8 Å². The Kier molecular flexibility index (Phi) is 20.9. The van der Waals surface area contributed by atoms with Crippen LogP contribution in [0.25, 0.3) is 0 Å². The number of para-hydroxylation sites is 1. The van der Waals surface area contributed by atoms with Gasteiger partial charge >= 0.3 is 0 Å². The van der Waals surface area contributed by atoms with Crippen LogP contribution in [0.5, 0.6) is 51.7 Å². The van der Waals surface area contributed by atoms with Crippen molar-refractivity contribution in [3.05, 3.63) is 161 Å². The van der Waals surface area contributed by atoms with Gasteiger partial charge in [0.2, 0.25) is 0 Å². The Balaban J connectivity index is 0.000000223. The van der Waals surface area contributed by atoms with Crippen LogP contribution in [-0.2, 0) is 0 Å². The van der Waals surface area contributed by atoms with E-state index >= 15 is 0 Å². The summed E-state index contributed by atoms with van der Waals surface area (Å²) in [5.41, 5.74) is 1.32. The van der Waals surface area contributed by atoms with Crippen molar-refractivity contribution in [3.8, 4) is 51.7 Å². The molecule has 0 aromatic heterocycles. The van der Waals surface area contributed by atoms with Gasteiger partial charge in [0.1, 0.15) is 51.7 Å². The summed E-state index contributed by atoms with van der Waals surface area (Å²) >= 11 is 0. The first-order chi connectivity index (χ1) is 31.9. The van der Waals surface area contributed by atoms with E-state index in [0.717, 1.165) is 6.42 Å². The number of ether oxygens (including phenoxy) is 4. The number of carbonyl (C=O) groups is 3. The van der Waals surface area contributed by atoms with Crippen LogP contribution >= 0.6 is 0 Å². The molecule has 0 atom stereocenters. The summed E-state index contributed by atoms with van der Waals surface area (Å²) in [6.45, 7) is 2.89. The maximum Gasteiger partial charge on any atom is 0.200 e.